The Labute approximate surface area is 117 Å². The van der Waals surface area contributed by atoms with Crippen molar-refractivity contribution in [3.8, 4) is 0 Å². The molecule has 0 bridgehead atoms. The molecule has 8 heteroatoms. The third-order valence-corrected chi connectivity index (χ3v) is 5.15. The molecule has 7 nitrogen and oxygen atoms in total. The molecule has 0 saturated heterocycles. The summed E-state index contributed by atoms with van der Waals surface area (Å²) in [6.45, 7) is 1.63. The average molecular weight is 293 g/mol. The average Bonchev–Trinajstić information content (AvgIpc) is 2.75. The summed E-state index contributed by atoms with van der Waals surface area (Å²) in [4.78, 5) is 0. The van der Waals surface area contributed by atoms with Gasteiger partial charge in [-0.2, -0.15) is 8.42 Å². The van der Waals surface area contributed by atoms with Crippen LogP contribution in [-0.4, -0.2) is 36.5 Å². The van der Waals surface area contributed by atoms with Crippen LogP contribution < -0.4 is 9.62 Å². The molecule has 20 heavy (non-hydrogen) atoms. The Morgan fingerprint density at radius 3 is 2.85 bits per heavy atom. The van der Waals surface area contributed by atoms with E-state index >= 15 is 0 Å². The number of aryl methyl sites for hydroxylation is 1. The van der Waals surface area contributed by atoms with E-state index < -0.39 is 10.0 Å². The Morgan fingerprint density at radius 2 is 2.10 bits per heavy atom. The maximum Gasteiger partial charge on any atom is 0.283 e. The molecule has 0 amide bonds. The summed E-state index contributed by atoms with van der Waals surface area (Å²) in [5.74, 6) is 0. The fourth-order valence-corrected chi connectivity index (χ4v) is 3.85. The predicted octanol–water partition coefficient (Wildman–Crippen LogP) is 0.114. The first-order valence-electron chi connectivity index (χ1n) is 6.27. The Kier molecular flexibility index (Phi) is 3.19. The van der Waals surface area contributed by atoms with Crippen LogP contribution in [0.4, 0.5) is 5.69 Å². The van der Waals surface area contributed by atoms with Gasteiger partial charge >= 0.3 is 0 Å². The van der Waals surface area contributed by atoms with Gasteiger partial charge < -0.3 is 5.32 Å². The second kappa shape index (κ2) is 4.88. The Hall–Kier alpha value is -1.93. The topological polar surface area (TPSA) is 80.1 Å². The number of rotatable bonds is 2. The summed E-state index contributed by atoms with van der Waals surface area (Å²) < 4.78 is 28.3. The molecule has 1 aromatic carbocycles. The summed E-state index contributed by atoms with van der Waals surface area (Å²) in [6.07, 6.45) is 1.27. The van der Waals surface area contributed by atoms with Crippen LogP contribution in [0.1, 0.15) is 5.56 Å². The largest absolute Gasteiger partial charge is 0.311 e. The summed E-state index contributed by atoms with van der Waals surface area (Å²) in [7, 11) is -2.08. The van der Waals surface area contributed by atoms with E-state index in [1.165, 1.54) is 15.2 Å². The Morgan fingerprint density at radius 1 is 1.30 bits per heavy atom. The molecule has 1 aliphatic rings. The monoisotopic (exact) mass is 293 g/mol. The van der Waals surface area contributed by atoms with Gasteiger partial charge in [0.15, 0.2) is 5.03 Å². The van der Waals surface area contributed by atoms with Gasteiger partial charge in [0, 0.05) is 26.7 Å². The second-order valence-corrected chi connectivity index (χ2v) is 6.39. The standard InChI is InChI=1S/C12H15N5O2S/c1-16-12(9-14-15-16)20(18,19)17-7-6-13-8-10-4-2-3-5-11(10)17/h2-5,9,13H,6-8H2,1H3. The van der Waals surface area contributed by atoms with Crippen molar-refractivity contribution in [2.45, 2.75) is 11.6 Å². The van der Waals surface area contributed by atoms with Gasteiger partial charge in [-0.1, -0.05) is 23.4 Å². The summed E-state index contributed by atoms with van der Waals surface area (Å²) in [5.41, 5.74) is 1.67. The van der Waals surface area contributed by atoms with E-state index in [9.17, 15) is 8.42 Å². The van der Waals surface area contributed by atoms with Gasteiger partial charge in [0.1, 0.15) is 0 Å². The van der Waals surface area contributed by atoms with Crippen molar-refractivity contribution in [1.82, 2.24) is 20.3 Å². The zero-order valence-electron chi connectivity index (χ0n) is 11.0. The molecule has 1 N–H and O–H groups in total. The van der Waals surface area contributed by atoms with Crippen molar-refractivity contribution in [1.29, 1.82) is 0 Å². The zero-order valence-corrected chi connectivity index (χ0v) is 11.8. The minimum absolute atomic E-state index is 0.0919. The molecule has 106 valence electrons. The maximum atomic E-state index is 12.8. The van der Waals surface area contributed by atoms with Gasteiger partial charge in [-0.15, -0.1) is 5.10 Å². The lowest BCUT2D eigenvalue weighted by molar-refractivity contribution is 0.568. The van der Waals surface area contributed by atoms with Gasteiger partial charge in [-0.3, -0.25) is 4.31 Å². The minimum atomic E-state index is -3.65. The number of benzene rings is 1. The first kappa shape index (κ1) is 13.1. The molecule has 1 aromatic heterocycles. The van der Waals surface area contributed by atoms with Gasteiger partial charge in [-0.05, 0) is 11.6 Å². The molecular weight excluding hydrogens is 278 g/mol. The molecule has 0 atom stereocenters. The molecule has 0 unspecified atom stereocenters. The van der Waals surface area contributed by atoms with Crippen molar-refractivity contribution in [3.05, 3.63) is 36.0 Å². The van der Waals surface area contributed by atoms with Crippen molar-refractivity contribution >= 4 is 15.7 Å². The summed E-state index contributed by atoms with van der Waals surface area (Å²) in [6, 6.07) is 7.50. The fraction of sp³-hybridized carbons (Fsp3) is 0.333. The van der Waals surface area contributed by atoms with Crippen molar-refractivity contribution in [2.24, 2.45) is 7.05 Å². The molecule has 0 fully saturated rings. The van der Waals surface area contributed by atoms with E-state index in [0.29, 0.717) is 25.3 Å². The van der Waals surface area contributed by atoms with E-state index in [0.717, 1.165) is 5.56 Å². The number of anilines is 1. The SMILES string of the molecule is Cn1nncc1S(=O)(=O)N1CCNCc2ccccc21. The van der Waals surface area contributed by atoms with Gasteiger partial charge in [-0.25, -0.2) is 4.68 Å². The number of nitrogens with zero attached hydrogens (tertiary/aromatic N) is 4. The van der Waals surface area contributed by atoms with Crippen LogP contribution in [0, 0.1) is 0 Å². The Balaban J connectivity index is 2.12. The number of sulfonamides is 1. The molecule has 0 aliphatic carbocycles. The van der Waals surface area contributed by atoms with Gasteiger partial charge in [0.2, 0.25) is 0 Å². The normalized spacial score (nSPS) is 15.8. The van der Waals surface area contributed by atoms with Gasteiger partial charge in [0.25, 0.3) is 10.0 Å². The molecule has 0 radical (unpaired) electrons. The van der Waals surface area contributed by atoms with Crippen LogP contribution >= 0.6 is 0 Å². The fourth-order valence-electron chi connectivity index (χ4n) is 2.30. The molecule has 3 rings (SSSR count). The summed E-state index contributed by atoms with van der Waals surface area (Å²) >= 11 is 0. The number of aromatic nitrogens is 3. The number of fused-ring (bicyclic) bond motifs is 1. The quantitative estimate of drug-likeness (QED) is 0.850. The highest BCUT2D eigenvalue weighted by molar-refractivity contribution is 7.92. The number of hydrogen-bond acceptors (Lipinski definition) is 5. The third kappa shape index (κ3) is 2.06. The maximum absolute atomic E-state index is 12.8. The highest BCUT2D eigenvalue weighted by atomic mass is 32.2. The zero-order chi connectivity index (χ0) is 14.2. The molecular formula is C12H15N5O2S. The van der Waals surface area contributed by atoms with Gasteiger partial charge in [0.05, 0.1) is 11.9 Å². The van der Waals surface area contributed by atoms with Crippen LogP contribution in [0.15, 0.2) is 35.5 Å². The summed E-state index contributed by atoms with van der Waals surface area (Å²) in [5, 5.41) is 10.7. The van der Waals surface area contributed by atoms with E-state index in [4.69, 9.17) is 0 Å². The predicted molar refractivity (Wildman–Crippen MR) is 73.7 cm³/mol. The first-order valence-corrected chi connectivity index (χ1v) is 7.71. The van der Waals surface area contributed by atoms with E-state index in [1.807, 2.05) is 24.3 Å². The molecule has 0 saturated carbocycles. The molecule has 0 spiro atoms. The molecule has 1 aliphatic heterocycles. The first-order chi connectivity index (χ1) is 9.60. The van der Waals surface area contributed by atoms with E-state index in [2.05, 4.69) is 15.6 Å². The lowest BCUT2D eigenvalue weighted by Gasteiger charge is -2.23. The van der Waals surface area contributed by atoms with E-state index in [-0.39, 0.29) is 5.03 Å². The number of para-hydroxylation sites is 1. The van der Waals surface area contributed by atoms with Crippen LogP contribution in [0.3, 0.4) is 0 Å². The van der Waals surface area contributed by atoms with Crippen molar-refractivity contribution in [2.75, 3.05) is 17.4 Å². The number of nitrogens with one attached hydrogen (secondary N) is 1. The smallest absolute Gasteiger partial charge is 0.283 e. The Bertz CT molecular complexity index is 725. The van der Waals surface area contributed by atoms with Crippen LogP contribution in [0.25, 0.3) is 0 Å². The number of hydrogen-bond donors (Lipinski definition) is 1. The third-order valence-electron chi connectivity index (χ3n) is 3.29. The van der Waals surface area contributed by atoms with Crippen molar-refractivity contribution < 1.29 is 8.42 Å². The lowest BCUT2D eigenvalue weighted by atomic mass is 10.2. The second-order valence-electron chi connectivity index (χ2n) is 4.58. The van der Waals surface area contributed by atoms with Crippen LogP contribution in [0.2, 0.25) is 0 Å². The highest BCUT2D eigenvalue weighted by Crippen LogP contribution is 2.27. The lowest BCUT2D eigenvalue weighted by Crippen LogP contribution is -2.35. The van der Waals surface area contributed by atoms with Crippen LogP contribution in [-0.2, 0) is 23.6 Å². The van der Waals surface area contributed by atoms with Crippen molar-refractivity contribution in [3.63, 3.8) is 0 Å². The molecule has 2 aromatic rings. The van der Waals surface area contributed by atoms with Crippen LogP contribution in [0.5, 0.6) is 0 Å². The highest BCUT2D eigenvalue weighted by Gasteiger charge is 2.30. The minimum Gasteiger partial charge on any atom is -0.311 e. The van der Waals surface area contributed by atoms with E-state index in [1.54, 1.807) is 7.05 Å². The molecule has 2 heterocycles.